The zero-order valence-corrected chi connectivity index (χ0v) is 15.6. The van der Waals surface area contributed by atoms with Crippen molar-refractivity contribution in [3.63, 3.8) is 0 Å². The van der Waals surface area contributed by atoms with Gasteiger partial charge in [0.1, 0.15) is 0 Å². The van der Waals surface area contributed by atoms with E-state index in [1.54, 1.807) is 0 Å². The topological polar surface area (TPSA) is 43.3 Å². The number of rotatable bonds is 3. The molecule has 0 saturated heterocycles. The third-order valence-electron chi connectivity index (χ3n) is 3.33. The fourth-order valence-corrected chi connectivity index (χ4v) is 3.40. The molecule has 1 aromatic heterocycles. The van der Waals surface area contributed by atoms with Gasteiger partial charge in [0.15, 0.2) is 5.49 Å². The summed E-state index contributed by atoms with van der Waals surface area (Å²) in [7, 11) is 0. The maximum absolute atomic E-state index is 6.24. The van der Waals surface area contributed by atoms with Crippen molar-refractivity contribution < 1.29 is 0 Å². The van der Waals surface area contributed by atoms with Gasteiger partial charge in [-0.25, -0.2) is 0 Å². The Kier molecular flexibility index (Phi) is 5.50. The minimum atomic E-state index is -0.116. The van der Waals surface area contributed by atoms with E-state index in [0.717, 1.165) is 15.5 Å². The van der Waals surface area contributed by atoms with Gasteiger partial charge in [-0.2, -0.15) is 5.10 Å². The minimum absolute atomic E-state index is 0.116. The van der Waals surface area contributed by atoms with E-state index in [0.29, 0.717) is 15.5 Å². The molecule has 0 bridgehead atoms. The molecular formula is C17H19Cl2N3S. The number of hydrogen-bond donors (Lipinski definition) is 1. The summed E-state index contributed by atoms with van der Waals surface area (Å²) in [6.07, 6.45) is 1.95. The quantitative estimate of drug-likeness (QED) is 0.595. The number of pyridine rings is 1. The SMILES string of the molecule is C=C(n1cc(Sc2c(Cl)cccc2Cl)cc/c1=N/N)C(C)(C)C. The van der Waals surface area contributed by atoms with Crippen LogP contribution in [0, 0.1) is 5.41 Å². The van der Waals surface area contributed by atoms with Crippen LogP contribution in [0.25, 0.3) is 5.70 Å². The molecule has 0 aliphatic carbocycles. The van der Waals surface area contributed by atoms with Gasteiger partial charge in [0.25, 0.3) is 0 Å². The van der Waals surface area contributed by atoms with Gasteiger partial charge in [0.05, 0.1) is 10.0 Å². The highest BCUT2D eigenvalue weighted by molar-refractivity contribution is 7.99. The number of hydrogen-bond acceptors (Lipinski definition) is 3. The van der Waals surface area contributed by atoms with Crippen LogP contribution in [0.2, 0.25) is 10.0 Å². The van der Waals surface area contributed by atoms with E-state index in [1.807, 2.05) is 41.1 Å². The number of nitrogens with zero attached hydrogens (tertiary/aromatic N) is 2. The molecule has 0 aliphatic heterocycles. The summed E-state index contributed by atoms with van der Waals surface area (Å²) in [5, 5.41) is 5.07. The summed E-state index contributed by atoms with van der Waals surface area (Å²) in [5.41, 5.74) is 1.42. The fraction of sp³-hybridized carbons (Fsp3) is 0.235. The molecule has 0 spiro atoms. The molecule has 0 fully saturated rings. The molecule has 122 valence electrons. The Labute approximate surface area is 150 Å². The van der Waals surface area contributed by atoms with Crippen LogP contribution in [-0.4, -0.2) is 4.57 Å². The van der Waals surface area contributed by atoms with Crippen LogP contribution in [0.4, 0.5) is 0 Å². The zero-order chi connectivity index (χ0) is 17.2. The summed E-state index contributed by atoms with van der Waals surface area (Å²) in [6, 6.07) is 9.25. The summed E-state index contributed by atoms with van der Waals surface area (Å²) in [6.45, 7) is 10.4. The lowest BCUT2D eigenvalue weighted by atomic mass is 9.93. The molecule has 0 unspecified atom stereocenters. The van der Waals surface area contributed by atoms with Crippen molar-refractivity contribution in [1.82, 2.24) is 4.57 Å². The average Bonchev–Trinajstić information content (AvgIpc) is 2.49. The van der Waals surface area contributed by atoms with E-state index in [9.17, 15) is 0 Å². The van der Waals surface area contributed by atoms with Crippen molar-refractivity contribution in [3.8, 4) is 0 Å². The van der Waals surface area contributed by atoms with Gasteiger partial charge >= 0.3 is 0 Å². The van der Waals surface area contributed by atoms with E-state index in [-0.39, 0.29) is 5.41 Å². The van der Waals surface area contributed by atoms with Gasteiger partial charge in [-0.05, 0) is 24.3 Å². The van der Waals surface area contributed by atoms with Crippen LogP contribution >= 0.6 is 35.0 Å². The number of aromatic nitrogens is 1. The van der Waals surface area contributed by atoms with Crippen molar-refractivity contribution in [3.05, 3.63) is 58.6 Å². The van der Waals surface area contributed by atoms with Crippen LogP contribution in [0.1, 0.15) is 20.8 Å². The second-order valence-corrected chi connectivity index (χ2v) is 7.97. The normalized spacial score (nSPS) is 12.5. The lowest BCUT2D eigenvalue weighted by molar-refractivity contribution is 0.534. The van der Waals surface area contributed by atoms with E-state index in [2.05, 4.69) is 32.5 Å². The number of benzene rings is 1. The van der Waals surface area contributed by atoms with Gasteiger partial charge in [-0.1, -0.05) is 68.4 Å². The summed E-state index contributed by atoms with van der Waals surface area (Å²) >= 11 is 14.0. The van der Waals surface area contributed by atoms with Crippen LogP contribution in [0.15, 0.2) is 58.0 Å². The molecule has 0 radical (unpaired) electrons. The van der Waals surface area contributed by atoms with Gasteiger partial charge in [0, 0.05) is 27.1 Å². The largest absolute Gasteiger partial charge is 0.321 e. The Hall–Kier alpha value is -1.36. The number of allylic oxidation sites excluding steroid dienone is 1. The third-order valence-corrected chi connectivity index (χ3v) is 5.30. The maximum atomic E-state index is 6.24. The molecule has 6 heteroatoms. The predicted molar refractivity (Wildman–Crippen MR) is 99.6 cm³/mol. The third kappa shape index (κ3) is 4.14. The molecule has 23 heavy (non-hydrogen) atoms. The molecule has 0 atom stereocenters. The molecule has 1 aromatic carbocycles. The Morgan fingerprint density at radius 2 is 1.78 bits per heavy atom. The molecule has 2 aromatic rings. The second kappa shape index (κ2) is 7.04. The Bertz CT molecular complexity index is 784. The predicted octanol–water partition coefficient (Wildman–Crippen LogP) is 5.24. The molecule has 1 heterocycles. The molecule has 0 amide bonds. The Morgan fingerprint density at radius 3 is 2.30 bits per heavy atom. The summed E-state index contributed by atoms with van der Waals surface area (Å²) in [4.78, 5) is 1.79. The summed E-state index contributed by atoms with van der Waals surface area (Å²) in [5.74, 6) is 5.50. The van der Waals surface area contributed by atoms with E-state index < -0.39 is 0 Å². The lowest BCUT2D eigenvalue weighted by Crippen LogP contribution is -2.26. The standard InChI is InChI=1S/C17H19Cl2N3S/c1-11(17(2,3)4)22-10-12(8-9-15(22)21-20)23-16-13(18)6-5-7-14(16)19/h5-10H,1,20H2,2-4H3/b21-15-. The summed E-state index contributed by atoms with van der Waals surface area (Å²) < 4.78 is 1.90. The average molecular weight is 368 g/mol. The maximum Gasteiger partial charge on any atom is 0.156 e. The Morgan fingerprint density at radius 1 is 1.17 bits per heavy atom. The molecule has 0 saturated carbocycles. The first-order chi connectivity index (χ1) is 10.7. The number of nitrogens with two attached hydrogens (primary N) is 1. The lowest BCUT2D eigenvalue weighted by Gasteiger charge is -2.24. The zero-order valence-electron chi connectivity index (χ0n) is 13.3. The first-order valence-electron chi connectivity index (χ1n) is 7.02. The van der Waals surface area contributed by atoms with Crippen LogP contribution in [0.5, 0.6) is 0 Å². The first kappa shape index (κ1) is 18.0. The molecule has 2 N–H and O–H groups in total. The van der Waals surface area contributed by atoms with Crippen molar-refractivity contribution >= 4 is 40.7 Å². The molecule has 0 aliphatic rings. The highest BCUT2D eigenvalue weighted by Gasteiger charge is 2.18. The van der Waals surface area contributed by atoms with Crippen molar-refractivity contribution in [2.75, 3.05) is 0 Å². The molecule has 3 nitrogen and oxygen atoms in total. The van der Waals surface area contributed by atoms with Gasteiger partial charge < -0.3 is 10.4 Å². The van der Waals surface area contributed by atoms with Crippen LogP contribution in [0.3, 0.4) is 0 Å². The van der Waals surface area contributed by atoms with E-state index >= 15 is 0 Å². The first-order valence-corrected chi connectivity index (χ1v) is 8.59. The molecule has 2 rings (SSSR count). The van der Waals surface area contributed by atoms with Crippen LogP contribution in [-0.2, 0) is 0 Å². The second-order valence-electron chi connectivity index (χ2n) is 6.07. The highest BCUT2D eigenvalue weighted by atomic mass is 35.5. The van der Waals surface area contributed by atoms with Crippen molar-refractivity contribution in [2.24, 2.45) is 16.4 Å². The Balaban J connectivity index is 2.49. The van der Waals surface area contributed by atoms with Gasteiger partial charge in [0.2, 0.25) is 0 Å². The van der Waals surface area contributed by atoms with Crippen molar-refractivity contribution in [2.45, 2.75) is 30.6 Å². The smallest absolute Gasteiger partial charge is 0.156 e. The van der Waals surface area contributed by atoms with E-state index in [1.165, 1.54) is 11.8 Å². The molecular weight excluding hydrogens is 349 g/mol. The number of halogens is 2. The van der Waals surface area contributed by atoms with Gasteiger partial charge in [-0.3, -0.25) is 0 Å². The van der Waals surface area contributed by atoms with E-state index in [4.69, 9.17) is 29.0 Å². The van der Waals surface area contributed by atoms with Crippen molar-refractivity contribution in [1.29, 1.82) is 0 Å². The van der Waals surface area contributed by atoms with Crippen LogP contribution < -0.4 is 11.3 Å². The minimum Gasteiger partial charge on any atom is -0.321 e. The monoisotopic (exact) mass is 367 g/mol. The highest BCUT2D eigenvalue weighted by Crippen LogP contribution is 2.38. The van der Waals surface area contributed by atoms with Gasteiger partial charge in [-0.15, -0.1) is 0 Å². The fourth-order valence-electron chi connectivity index (χ4n) is 1.91.